The minimum atomic E-state index is -0.383. The first kappa shape index (κ1) is 13.8. The van der Waals surface area contributed by atoms with E-state index in [0.717, 1.165) is 16.3 Å². The SMILES string of the molecule is NC(C=O)Cc1ccc(Br)cc1.O=CO. The Labute approximate surface area is 96.2 Å². The summed E-state index contributed by atoms with van der Waals surface area (Å²) in [5, 5.41) is 6.89. The third-order valence-electron chi connectivity index (χ3n) is 1.56. The molecule has 0 saturated heterocycles. The average molecular weight is 274 g/mol. The minimum absolute atomic E-state index is 0.250. The van der Waals surface area contributed by atoms with Crippen LogP contribution in [0.5, 0.6) is 0 Å². The van der Waals surface area contributed by atoms with Crippen LogP contribution in [-0.4, -0.2) is 23.9 Å². The highest BCUT2D eigenvalue weighted by atomic mass is 79.9. The number of benzene rings is 1. The van der Waals surface area contributed by atoms with E-state index in [1.165, 1.54) is 0 Å². The van der Waals surface area contributed by atoms with Crippen molar-refractivity contribution in [2.24, 2.45) is 5.73 Å². The molecule has 0 aliphatic heterocycles. The van der Waals surface area contributed by atoms with Crippen LogP contribution in [0.4, 0.5) is 0 Å². The van der Waals surface area contributed by atoms with Crippen molar-refractivity contribution in [2.75, 3.05) is 0 Å². The summed E-state index contributed by atoms with van der Waals surface area (Å²) in [5.74, 6) is 0. The van der Waals surface area contributed by atoms with Gasteiger partial charge in [-0.15, -0.1) is 0 Å². The molecule has 0 radical (unpaired) electrons. The monoisotopic (exact) mass is 273 g/mol. The van der Waals surface area contributed by atoms with E-state index in [9.17, 15) is 4.79 Å². The summed E-state index contributed by atoms with van der Waals surface area (Å²) in [7, 11) is 0. The summed E-state index contributed by atoms with van der Waals surface area (Å²) in [6.07, 6.45) is 1.37. The number of hydrogen-bond donors (Lipinski definition) is 2. The summed E-state index contributed by atoms with van der Waals surface area (Å²) in [6.45, 7) is -0.250. The van der Waals surface area contributed by atoms with Gasteiger partial charge in [0, 0.05) is 4.47 Å². The minimum Gasteiger partial charge on any atom is -0.483 e. The number of aldehydes is 1. The summed E-state index contributed by atoms with van der Waals surface area (Å²) in [6, 6.07) is 7.40. The fourth-order valence-corrected chi connectivity index (χ4v) is 1.21. The zero-order chi connectivity index (χ0) is 11.7. The Kier molecular flexibility index (Phi) is 7.49. The highest BCUT2D eigenvalue weighted by Crippen LogP contribution is 2.11. The van der Waals surface area contributed by atoms with Crippen LogP contribution >= 0.6 is 15.9 Å². The molecule has 0 spiro atoms. The number of halogens is 1. The van der Waals surface area contributed by atoms with Crippen LogP contribution in [0, 0.1) is 0 Å². The molecule has 0 amide bonds. The molecule has 0 bridgehead atoms. The van der Waals surface area contributed by atoms with Crippen molar-refractivity contribution < 1.29 is 14.7 Å². The molecule has 4 nitrogen and oxygen atoms in total. The summed E-state index contributed by atoms with van der Waals surface area (Å²) >= 11 is 3.33. The van der Waals surface area contributed by atoms with Gasteiger partial charge in [0.15, 0.2) is 0 Å². The Hall–Kier alpha value is -1.20. The van der Waals surface area contributed by atoms with E-state index in [-0.39, 0.29) is 12.5 Å². The normalized spacial score (nSPS) is 10.8. The molecule has 0 fully saturated rings. The van der Waals surface area contributed by atoms with Crippen LogP contribution in [0.15, 0.2) is 28.7 Å². The molecule has 1 aromatic rings. The van der Waals surface area contributed by atoms with Gasteiger partial charge in [0.1, 0.15) is 6.29 Å². The average Bonchev–Trinajstić information content (AvgIpc) is 2.22. The first-order valence-corrected chi connectivity index (χ1v) is 4.96. The fraction of sp³-hybridized carbons (Fsp3) is 0.200. The summed E-state index contributed by atoms with van der Waals surface area (Å²) in [4.78, 5) is 18.6. The van der Waals surface area contributed by atoms with Crippen molar-refractivity contribution in [3.05, 3.63) is 34.3 Å². The van der Waals surface area contributed by atoms with E-state index in [1.807, 2.05) is 24.3 Å². The van der Waals surface area contributed by atoms with Gasteiger partial charge in [0.25, 0.3) is 6.47 Å². The molecule has 0 aliphatic carbocycles. The third kappa shape index (κ3) is 6.82. The van der Waals surface area contributed by atoms with E-state index < -0.39 is 0 Å². The van der Waals surface area contributed by atoms with Gasteiger partial charge < -0.3 is 15.6 Å². The highest BCUT2D eigenvalue weighted by molar-refractivity contribution is 9.10. The molecule has 1 aromatic carbocycles. The Morgan fingerprint density at radius 1 is 1.33 bits per heavy atom. The third-order valence-corrected chi connectivity index (χ3v) is 2.09. The Balaban J connectivity index is 0.000000583. The lowest BCUT2D eigenvalue weighted by Gasteiger charge is -2.03. The Morgan fingerprint density at radius 3 is 2.20 bits per heavy atom. The molecule has 1 unspecified atom stereocenters. The quantitative estimate of drug-likeness (QED) is 0.812. The zero-order valence-electron chi connectivity index (χ0n) is 7.97. The van der Waals surface area contributed by atoms with E-state index in [2.05, 4.69) is 15.9 Å². The second kappa shape index (κ2) is 8.14. The first-order chi connectivity index (χ1) is 7.13. The second-order valence-corrected chi connectivity index (χ2v) is 3.65. The number of carbonyl (C=O) groups is 2. The van der Waals surface area contributed by atoms with Gasteiger partial charge >= 0.3 is 0 Å². The maximum Gasteiger partial charge on any atom is 0.290 e. The lowest BCUT2D eigenvalue weighted by Crippen LogP contribution is -2.23. The fourth-order valence-electron chi connectivity index (χ4n) is 0.941. The smallest absolute Gasteiger partial charge is 0.290 e. The maximum atomic E-state index is 10.2. The van der Waals surface area contributed by atoms with Gasteiger partial charge in [-0.1, -0.05) is 28.1 Å². The Morgan fingerprint density at radius 2 is 1.80 bits per heavy atom. The van der Waals surface area contributed by atoms with Crippen LogP contribution < -0.4 is 5.73 Å². The van der Waals surface area contributed by atoms with Gasteiger partial charge in [-0.3, -0.25) is 4.79 Å². The topological polar surface area (TPSA) is 80.4 Å². The molecule has 1 atom stereocenters. The van der Waals surface area contributed by atoms with Crippen LogP contribution in [0.3, 0.4) is 0 Å². The van der Waals surface area contributed by atoms with Crippen molar-refractivity contribution in [3.63, 3.8) is 0 Å². The molecule has 1 rings (SSSR count). The predicted molar refractivity (Wildman–Crippen MR) is 60.6 cm³/mol. The van der Waals surface area contributed by atoms with E-state index in [1.54, 1.807) is 0 Å². The molecule has 0 saturated carbocycles. The molecule has 0 aliphatic rings. The summed E-state index contributed by atoms with van der Waals surface area (Å²) < 4.78 is 1.03. The molecular weight excluding hydrogens is 262 g/mol. The van der Waals surface area contributed by atoms with E-state index in [0.29, 0.717) is 6.42 Å². The predicted octanol–water partition coefficient (Wildman–Crippen LogP) is 1.22. The van der Waals surface area contributed by atoms with Crippen molar-refractivity contribution in [2.45, 2.75) is 12.5 Å². The molecule has 82 valence electrons. The van der Waals surface area contributed by atoms with E-state index in [4.69, 9.17) is 15.6 Å². The summed E-state index contributed by atoms with van der Waals surface area (Å²) in [5.41, 5.74) is 6.54. The second-order valence-electron chi connectivity index (χ2n) is 2.74. The molecule has 5 heteroatoms. The molecule has 0 aromatic heterocycles. The van der Waals surface area contributed by atoms with Crippen molar-refractivity contribution in [3.8, 4) is 0 Å². The maximum absolute atomic E-state index is 10.2. The number of carbonyl (C=O) groups excluding carboxylic acids is 1. The lowest BCUT2D eigenvalue weighted by molar-refractivity contribution is -0.122. The van der Waals surface area contributed by atoms with Crippen molar-refractivity contribution in [1.29, 1.82) is 0 Å². The van der Waals surface area contributed by atoms with Gasteiger partial charge in [-0.05, 0) is 24.1 Å². The number of hydrogen-bond acceptors (Lipinski definition) is 3. The van der Waals surface area contributed by atoms with Gasteiger partial charge in [-0.25, -0.2) is 0 Å². The van der Waals surface area contributed by atoms with Gasteiger partial charge in [0.2, 0.25) is 0 Å². The molecule has 15 heavy (non-hydrogen) atoms. The first-order valence-electron chi connectivity index (χ1n) is 4.17. The standard InChI is InChI=1S/C9H10BrNO.CH2O2/c10-8-3-1-7(2-4-8)5-9(11)6-12;2-1-3/h1-4,6,9H,5,11H2;1H,(H,2,3). The van der Waals surface area contributed by atoms with E-state index >= 15 is 0 Å². The number of nitrogens with two attached hydrogens (primary N) is 1. The van der Waals surface area contributed by atoms with Gasteiger partial charge in [-0.2, -0.15) is 0 Å². The largest absolute Gasteiger partial charge is 0.483 e. The van der Waals surface area contributed by atoms with Crippen LogP contribution in [0.2, 0.25) is 0 Å². The molecule has 0 heterocycles. The number of rotatable bonds is 3. The lowest BCUT2D eigenvalue weighted by atomic mass is 10.1. The molecular formula is C10H12BrNO3. The van der Waals surface area contributed by atoms with Crippen LogP contribution in [0.25, 0.3) is 0 Å². The Bertz CT molecular complexity index is 300. The van der Waals surface area contributed by atoms with Crippen molar-refractivity contribution >= 4 is 28.7 Å². The zero-order valence-corrected chi connectivity index (χ0v) is 9.55. The van der Waals surface area contributed by atoms with Crippen molar-refractivity contribution in [1.82, 2.24) is 0 Å². The molecule has 3 N–H and O–H groups in total. The van der Waals surface area contributed by atoms with Gasteiger partial charge in [0.05, 0.1) is 6.04 Å². The van der Waals surface area contributed by atoms with Crippen LogP contribution in [-0.2, 0) is 16.0 Å². The highest BCUT2D eigenvalue weighted by Gasteiger charge is 2.00. The van der Waals surface area contributed by atoms with Crippen LogP contribution in [0.1, 0.15) is 5.56 Å². The number of carboxylic acid groups (broad SMARTS) is 1.